The van der Waals surface area contributed by atoms with Gasteiger partial charge in [-0.3, -0.25) is 72.1 Å². The van der Waals surface area contributed by atoms with Crippen LogP contribution in [0.4, 0.5) is 0 Å². The monoisotopic (exact) mass is 1360 g/mol. The molecule has 12 amide bonds. The SMILES string of the molecule is CCC(C)C(N)C1=NCC(C(=O)N[C@@H](CC(C)C)C(=O)N[C@H](CCC(=O)O)C(=O)NC(C(=O)N[C@H]2CCCCNC(=O)[C@H](CC(N)=O)NC(=O)[C@@H](CC(=O)O)NC(=O)[C@H](C)NC(=O)[C@@H](Cc3ccccc3)NC(=O)C([C@@H](C)CC)NC(=O)[C@@H](CCCN)NC2=O)[C@@H](C)CC)S1. The molecule has 19 N–H and O–H groups in total. The molecule has 1 aromatic carbocycles. The first-order valence-corrected chi connectivity index (χ1v) is 33.5. The number of rotatable bonds is 29. The van der Waals surface area contributed by atoms with Crippen molar-refractivity contribution < 1.29 is 77.3 Å². The number of nitrogens with two attached hydrogens (primary N) is 3. The van der Waals surface area contributed by atoms with E-state index in [0.717, 1.165) is 6.42 Å². The molecule has 0 saturated carbocycles. The molecule has 0 bridgehead atoms. The summed E-state index contributed by atoms with van der Waals surface area (Å²) in [7, 11) is 0. The number of thioether (sulfide) groups is 1. The number of hydrogen-bond donors (Lipinski definition) is 16. The highest BCUT2D eigenvalue weighted by atomic mass is 32.2. The Labute approximate surface area is 558 Å². The minimum Gasteiger partial charge on any atom is -0.481 e. The van der Waals surface area contributed by atoms with Crippen molar-refractivity contribution in [2.45, 2.75) is 224 Å². The Balaban J connectivity index is 2.11. The Morgan fingerprint density at radius 2 is 1.26 bits per heavy atom. The zero-order valence-corrected chi connectivity index (χ0v) is 56.7. The Hall–Kier alpha value is -8.26. The van der Waals surface area contributed by atoms with Crippen LogP contribution in [0.15, 0.2) is 35.3 Å². The molecule has 1 saturated heterocycles. The van der Waals surface area contributed by atoms with E-state index in [-0.39, 0.29) is 82.8 Å². The number of hydrogen-bond acceptors (Lipinski definition) is 18. The second-order valence-electron chi connectivity index (χ2n) is 24.8. The smallest absolute Gasteiger partial charge is 0.305 e. The maximum Gasteiger partial charge on any atom is 0.305 e. The Morgan fingerprint density at radius 1 is 0.663 bits per heavy atom. The van der Waals surface area contributed by atoms with Gasteiger partial charge in [-0.15, -0.1) is 0 Å². The lowest BCUT2D eigenvalue weighted by molar-refractivity contribution is -0.141. The van der Waals surface area contributed by atoms with Crippen molar-refractivity contribution in [2.24, 2.45) is 45.9 Å². The maximum absolute atomic E-state index is 14.8. The van der Waals surface area contributed by atoms with Crippen LogP contribution in [0.3, 0.4) is 0 Å². The average Bonchev–Trinajstić information content (AvgIpc) is 1.97. The highest BCUT2D eigenvalue weighted by molar-refractivity contribution is 8.15. The van der Waals surface area contributed by atoms with E-state index in [1.807, 2.05) is 27.7 Å². The van der Waals surface area contributed by atoms with Crippen molar-refractivity contribution >= 4 is 99.6 Å². The van der Waals surface area contributed by atoms with Crippen LogP contribution in [0.2, 0.25) is 0 Å². The van der Waals surface area contributed by atoms with E-state index >= 15 is 0 Å². The number of nitrogens with one attached hydrogen (secondary N) is 11. The summed E-state index contributed by atoms with van der Waals surface area (Å²) in [5.41, 5.74) is 18.3. The van der Waals surface area contributed by atoms with Gasteiger partial charge in [0.15, 0.2) is 0 Å². The number of benzene rings is 1. The van der Waals surface area contributed by atoms with Crippen molar-refractivity contribution in [2.75, 3.05) is 19.6 Å². The molecule has 3 rings (SSSR count). The largest absolute Gasteiger partial charge is 0.481 e. The minimum absolute atomic E-state index is 0.0141. The molecule has 0 aromatic heterocycles. The van der Waals surface area contributed by atoms with Crippen LogP contribution >= 0.6 is 11.8 Å². The first-order chi connectivity index (χ1) is 44.8. The maximum atomic E-state index is 14.8. The normalized spacial score (nSPS) is 23.7. The van der Waals surface area contributed by atoms with Gasteiger partial charge in [0, 0.05) is 19.4 Å². The lowest BCUT2D eigenvalue weighted by atomic mass is 9.96. The Morgan fingerprint density at radius 3 is 1.86 bits per heavy atom. The number of nitrogens with zero attached hydrogens (tertiary/aromatic N) is 1. The number of primary amides is 1. The summed E-state index contributed by atoms with van der Waals surface area (Å²) < 4.78 is 0. The summed E-state index contributed by atoms with van der Waals surface area (Å²) in [6.07, 6.45) is -1.72. The summed E-state index contributed by atoms with van der Waals surface area (Å²) in [5.74, 6) is -15.3. The highest BCUT2D eigenvalue weighted by Gasteiger charge is 2.39. The van der Waals surface area contributed by atoms with Crippen molar-refractivity contribution in [3.05, 3.63) is 35.9 Å². The zero-order valence-electron chi connectivity index (χ0n) is 55.8. The number of carbonyl (C=O) groups is 14. The predicted octanol–water partition coefficient (Wildman–Crippen LogP) is -1.62. The molecule has 0 aliphatic carbocycles. The van der Waals surface area contributed by atoms with Gasteiger partial charge >= 0.3 is 11.9 Å². The van der Waals surface area contributed by atoms with Gasteiger partial charge in [0.25, 0.3) is 0 Å². The molecule has 32 heteroatoms. The third-order valence-electron chi connectivity index (χ3n) is 16.6. The number of carboxylic acids is 2. The van der Waals surface area contributed by atoms with Crippen LogP contribution in [0, 0.1) is 23.7 Å². The van der Waals surface area contributed by atoms with Crippen LogP contribution in [-0.2, 0) is 73.5 Å². The summed E-state index contributed by atoms with van der Waals surface area (Å²) in [5, 5.41) is 47.8. The topological polar surface area (TPSA) is 502 Å². The van der Waals surface area contributed by atoms with E-state index in [2.05, 4.69) is 63.5 Å². The number of carboxylic acid groups (broad SMARTS) is 2. The van der Waals surface area contributed by atoms with Crippen molar-refractivity contribution in [3.8, 4) is 0 Å². The lowest BCUT2D eigenvalue weighted by Crippen LogP contribution is -2.62. The molecule has 1 fully saturated rings. The minimum atomic E-state index is -1.88. The number of aliphatic carboxylic acids is 2. The van der Waals surface area contributed by atoms with Crippen molar-refractivity contribution in [1.82, 2.24) is 58.5 Å². The Bertz CT molecular complexity index is 2870. The molecule has 31 nitrogen and oxygen atoms in total. The van der Waals surface area contributed by atoms with Crippen LogP contribution < -0.4 is 75.7 Å². The van der Waals surface area contributed by atoms with E-state index in [1.165, 1.54) is 18.7 Å². The van der Waals surface area contributed by atoms with Gasteiger partial charge in [-0.2, -0.15) is 0 Å². The molecule has 2 aliphatic rings. The van der Waals surface area contributed by atoms with E-state index < -0.39 is 192 Å². The molecule has 15 atom stereocenters. The fourth-order valence-corrected chi connectivity index (χ4v) is 11.3. The molecule has 95 heavy (non-hydrogen) atoms. The van der Waals surface area contributed by atoms with Crippen molar-refractivity contribution in [1.29, 1.82) is 0 Å². The van der Waals surface area contributed by atoms with Crippen LogP contribution in [0.25, 0.3) is 0 Å². The number of carbonyl (C=O) groups excluding carboxylic acids is 12. The standard InChI is InChI=1S/C63H101N15O16S/c1-10-33(6)49(66)63-68-31-45(95-63)60(92)75-41(27-32(4)5)58(90)71-40(23-24-47(80)81)56(88)78-50(34(7)11-2)61(93)72-38-21-16-17-26-67-53(85)43(29-46(65)79)74-59(91)44(30-48(82)83)73-52(84)36(9)69-57(89)42(28-37-19-14-13-15-20-37)76-62(94)51(35(8)12-3)77-55(87)39(22-18-25-64)70-54(38)86/h13-15,19-20,32-36,38-45,49-51H,10-12,16-18,21-31,64,66H2,1-9H3,(H2,65,79)(H,67,85)(H,69,89)(H,70,86)(H,71,90)(H,72,93)(H,73,84)(H,74,91)(H,75,92)(H,76,94)(H,77,87)(H,78,88)(H,80,81)(H,82,83)/t33?,34-,35-,36-,38-,39+,40+,41-,42+,43-,44+,45?,49?,50?,51?/m0/s1. The second-order valence-corrected chi connectivity index (χ2v) is 26.1. The van der Waals surface area contributed by atoms with E-state index in [9.17, 15) is 77.3 Å². The van der Waals surface area contributed by atoms with Gasteiger partial charge in [-0.1, -0.05) is 117 Å². The van der Waals surface area contributed by atoms with Gasteiger partial charge in [-0.25, -0.2) is 0 Å². The third-order valence-corrected chi connectivity index (χ3v) is 17.9. The molecule has 2 heterocycles. The molecule has 1 aromatic rings. The Kier molecular flexibility index (Phi) is 34.8. The van der Waals surface area contributed by atoms with Gasteiger partial charge < -0.3 is 85.9 Å². The molecular formula is C63H101N15O16S. The van der Waals surface area contributed by atoms with Crippen LogP contribution in [0.5, 0.6) is 0 Å². The number of amides is 12. The van der Waals surface area contributed by atoms with Crippen LogP contribution in [0.1, 0.15) is 151 Å². The fraction of sp³-hybridized carbons (Fsp3) is 0.667. The lowest BCUT2D eigenvalue weighted by Gasteiger charge is -2.30. The molecule has 5 unspecified atom stereocenters. The average molecular weight is 1360 g/mol. The first-order valence-electron chi connectivity index (χ1n) is 32.6. The molecule has 0 radical (unpaired) electrons. The van der Waals surface area contributed by atoms with Crippen molar-refractivity contribution in [3.63, 3.8) is 0 Å². The number of aliphatic imine (C=N–C) groups is 1. The van der Waals surface area contributed by atoms with Gasteiger partial charge in [0.05, 0.1) is 30.5 Å². The zero-order chi connectivity index (χ0) is 71.2. The quantitative estimate of drug-likeness (QED) is 0.0428. The molecule has 0 spiro atoms. The first kappa shape index (κ1) is 81.0. The van der Waals surface area contributed by atoms with Crippen LogP contribution in [-0.4, -0.2) is 189 Å². The summed E-state index contributed by atoms with van der Waals surface area (Å²) >= 11 is 1.20. The summed E-state index contributed by atoms with van der Waals surface area (Å²) in [6.45, 7) is 15.5. The molecular weight excluding hydrogens is 1250 g/mol. The van der Waals surface area contributed by atoms with Gasteiger partial charge in [0.1, 0.15) is 65.7 Å². The highest BCUT2D eigenvalue weighted by Crippen LogP contribution is 2.27. The second kappa shape index (κ2) is 40.9. The summed E-state index contributed by atoms with van der Waals surface area (Å²) in [4.78, 5) is 197. The third kappa shape index (κ3) is 27.5. The fourth-order valence-electron chi connectivity index (χ4n) is 10.2. The molecule has 530 valence electrons. The van der Waals surface area contributed by atoms with E-state index in [0.29, 0.717) is 17.0 Å². The van der Waals surface area contributed by atoms with E-state index in [1.54, 1.807) is 58.0 Å². The van der Waals surface area contributed by atoms with Gasteiger partial charge in [-0.05, 0) is 87.6 Å². The molecule has 2 aliphatic heterocycles. The predicted molar refractivity (Wildman–Crippen MR) is 353 cm³/mol. The van der Waals surface area contributed by atoms with E-state index in [4.69, 9.17) is 17.2 Å². The summed E-state index contributed by atoms with van der Waals surface area (Å²) in [6, 6.07) is -7.07. The van der Waals surface area contributed by atoms with Gasteiger partial charge in [0.2, 0.25) is 70.9 Å².